The predicted octanol–water partition coefficient (Wildman–Crippen LogP) is 2.14. The van der Waals surface area contributed by atoms with Gasteiger partial charge in [-0.3, -0.25) is 4.57 Å². The molecule has 0 aromatic heterocycles. The summed E-state index contributed by atoms with van der Waals surface area (Å²) in [6.07, 6.45) is 0. The van der Waals surface area contributed by atoms with Crippen LogP contribution in [0.2, 0.25) is 0 Å². The summed E-state index contributed by atoms with van der Waals surface area (Å²) in [4.78, 5) is 0. The lowest BCUT2D eigenvalue weighted by Gasteiger charge is -2.13. The number of rotatable bonds is 5. The Morgan fingerprint density at radius 2 is 1.70 bits per heavy atom. The lowest BCUT2D eigenvalue weighted by molar-refractivity contribution is 0.224. The summed E-state index contributed by atoms with van der Waals surface area (Å²) < 4.78 is 21.0. The van der Waals surface area contributed by atoms with Crippen molar-refractivity contribution in [1.29, 1.82) is 0 Å². The van der Waals surface area contributed by atoms with Crippen LogP contribution in [0.15, 0.2) is 0 Å². The van der Waals surface area contributed by atoms with E-state index in [0.717, 1.165) is 0 Å². The minimum atomic E-state index is -2.84. The van der Waals surface area contributed by atoms with Gasteiger partial charge in [-0.2, -0.15) is 12.6 Å². The third kappa shape index (κ3) is 3.62. The van der Waals surface area contributed by atoms with Gasteiger partial charge in [-0.25, -0.2) is 0 Å². The van der Waals surface area contributed by atoms with E-state index in [0.29, 0.717) is 13.2 Å². The molecule has 0 rings (SSSR count). The van der Waals surface area contributed by atoms with Crippen molar-refractivity contribution in [3.8, 4) is 0 Å². The maximum absolute atomic E-state index is 11.3. The van der Waals surface area contributed by atoms with Crippen molar-refractivity contribution in [1.82, 2.24) is 0 Å². The van der Waals surface area contributed by atoms with Gasteiger partial charge in [0.25, 0.3) is 0 Å². The summed E-state index contributed by atoms with van der Waals surface area (Å²) in [5.74, 6) is 0. The molecule has 0 aromatic carbocycles. The molecule has 0 spiro atoms. The maximum atomic E-state index is 11.3. The van der Waals surface area contributed by atoms with Crippen LogP contribution in [0.25, 0.3) is 0 Å². The van der Waals surface area contributed by atoms with Crippen LogP contribution < -0.4 is 0 Å². The fraction of sp³-hybridized carbons (Fsp3) is 1.00. The SMILES string of the molecule is CCOP(=O)(CS)OCC. The first-order chi connectivity index (χ1) is 4.68. The molecule has 0 aliphatic heterocycles. The van der Waals surface area contributed by atoms with Gasteiger partial charge < -0.3 is 9.05 Å². The van der Waals surface area contributed by atoms with Crippen molar-refractivity contribution >= 4 is 20.2 Å². The molecule has 5 heteroatoms. The highest BCUT2D eigenvalue weighted by Gasteiger charge is 2.19. The Hall–Kier alpha value is 0.500. The molecule has 0 aliphatic carbocycles. The molecule has 0 saturated heterocycles. The molecule has 0 saturated carbocycles. The standard InChI is InChI=1S/C5H13O3PS/c1-3-7-9(6,5-10)8-4-2/h10H,3-5H2,1-2H3. The Balaban J connectivity index is 3.83. The van der Waals surface area contributed by atoms with Gasteiger partial charge in [0, 0.05) is 0 Å². The largest absolute Gasteiger partial charge is 0.340 e. The van der Waals surface area contributed by atoms with E-state index in [1.807, 2.05) is 0 Å². The van der Waals surface area contributed by atoms with E-state index >= 15 is 0 Å². The summed E-state index contributed by atoms with van der Waals surface area (Å²) in [7, 11) is -2.84. The van der Waals surface area contributed by atoms with E-state index in [-0.39, 0.29) is 5.49 Å². The molecule has 0 N–H and O–H groups in total. The van der Waals surface area contributed by atoms with E-state index in [4.69, 9.17) is 9.05 Å². The van der Waals surface area contributed by atoms with Crippen LogP contribution in [-0.4, -0.2) is 18.7 Å². The van der Waals surface area contributed by atoms with Gasteiger partial charge in [0.05, 0.1) is 18.7 Å². The molecule has 0 atom stereocenters. The Labute approximate surface area is 67.0 Å². The lowest BCUT2D eigenvalue weighted by atomic mass is 10.9. The first-order valence-corrected chi connectivity index (χ1v) is 5.53. The van der Waals surface area contributed by atoms with Gasteiger partial charge >= 0.3 is 7.60 Å². The minimum absolute atomic E-state index is 0.147. The highest BCUT2D eigenvalue weighted by molar-refractivity contribution is 7.88. The van der Waals surface area contributed by atoms with Crippen molar-refractivity contribution in [2.75, 3.05) is 18.7 Å². The van der Waals surface area contributed by atoms with Gasteiger partial charge in [0.1, 0.15) is 0 Å². The van der Waals surface area contributed by atoms with Crippen molar-refractivity contribution in [2.45, 2.75) is 13.8 Å². The van der Waals surface area contributed by atoms with E-state index in [9.17, 15) is 4.57 Å². The predicted molar refractivity (Wildman–Crippen MR) is 44.7 cm³/mol. The van der Waals surface area contributed by atoms with Crippen LogP contribution in [0, 0.1) is 0 Å². The zero-order valence-corrected chi connectivity index (χ0v) is 8.03. The Morgan fingerprint density at radius 3 is 1.90 bits per heavy atom. The molecule has 0 fully saturated rings. The van der Waals surface area contributed by atoms with Gasteiger partial charge in [0.2, 0.25) is 0 Å². The Bertz CT molecular complexity index is 118. The average Bonchev–Trinajstić information content (AvgIpc) is 1.89. The molecule has 0 radical (unpaired) electrons. The van der Waals surface area contributed by atoms with Gasteiger partial charge in [0.15, 0.2) is 0 Å². The highest BCUT2D eigenvalue weighted by Crippen LogP contribution is 2.48. The van der Waals surface area contributed by atoms with Gasteiger partial charge in [-0.1, -0.05) is 0 Å². The molecule has 0 unspecified atom stereocenters. The first-order valence-electron chi connectivity index (χ1n) is 3.17. The van der Waals surface area contributed by atoms with Gasteiger partial charge in [-0.05, 0) is 13.8 Å². The molecule has 62 valence electrons. The van der Waals surface area contributed by atoms with E-state index in [1.165, 1.54) is 0 Å². The van der Waals surface area contributed by atoms with Gasteiger partial charge in [-0.15, -0.1) is 0 Å². The third-order valence-electron chi connectivity index (χ3n) is 0.825. The second kappa shape index (κ2) is 5.19. The zero-order valence-electron chi connectivity index (χ0n) is 6.24. The zero-order chi connectivity index (χ0) is 8.04. The lowest BCUT2D eigenvalue weighted by Crippen LogP contribution is -1.95. The monoisotopic (exact) mass is 184 g/mol. The van der Waals surface area contributed by atoms with Crippen LogP contribution in [0.3, 0.4) is 0 Å². The smallest absolute Gasteiger partial charge is 0.308 e. The second-order valence-corrected chi connectivity index (χ2v) is 4.46. The number of hydrogen-bond acceptors (Lipinski definition) is 4. The van der Waals surface area contributed by atoms with E-state index in [2.05, 4.69) is 12.6 Å². The molecular formula is C5H13O3PS. The molecule has 0 aliphatic rings. The summed E-state index contributed by atoms with van der Waals surface area (Å²) in [6.45, 7) is 4.35. The van der Waals surface area contributed by atoms with Crippen LogP contribution in [0.1, 0.15) is 13.8 Å². The normalized spacial score (nSPS) is 11.9. The molecule has 0 amide bonds. The first kappa shape index (κ1) is 10.5. The number of thiol groups is 1. The van der Waals surface area contributed by atoms with E-state index in [1.54, 1.807) is 13.8 Å². The Morgan fingerprint density at radius 1 is 1.30 bits per heavy atom. The van der Waals surface area contributed by atoms with Crippen LogP contribution >= 0.6 is 20.2 Å². The number of hydrogen-bond donors (Lipinski definition) is 1. The van der Waals surface area contributed by atoms with E-state index < -0.39 is 7.60 Å². The molecule has 0 bridgehead atoms. The maximum Gasteiger partial charge on any atom is 0.340 e. The summed E-state index contributed by atoms with van der Waals surface area (Å²) in [6, 6.07) is 0. The van der Waals surface area contributed by atoms with Crippen molar-refractivity contribution in [3.63, 3.8) is 0 Å². The fourth-order valence-corrected chi connectivity index (χ4v) is 2.03. The van der Waals surface area contributed by atoms with Crippen molar-refractivity contribution in [3.05, 3.63) is 0 Å². The van der Waals surface area contributed by atoms with Crippen LogP contribution in [0.5, 0.6) is 0 Å². The highest BCUT2D eigenvalue weighted by atomic mass is 32.1. The van der Waals surface area contributed by atoms with Crippen LogP contribution in [-0.2, 0) is 13.6 Å². The quantitative estimate of drug-likeness (QED) is 0.525. The molecule has 10 heavy (non-hydrogen) atoms. The molecule has 3 nitrogen and oxygen atoms in total. The summed E-state index contributed by atoms with van der Waals surface area (Å²) in [5.41, 5.74) is 0.147. The molecular weight excluding hydrogens is 171 g/mol. The van der Waals surface area contributed by atoms with Crippen LogP contribution in [0.4, 0.5) is 0 Å². The average molecular weight is 184 g/mol. The topological polar surface area (TPSA) is 35.5 Å². The van der Waals surface area contributed by atoms with Crippen molar-refractivity contribution in [2.24, 2.45) is 0 Å². The summed E-state index contributed by atoms with van der Waals surface area (Å²) >= 11 is 3.86. The Kier molecular flexibility index (Phi) is 5.45. The fourth-order valence-electron chi connectivity index (χ4n) is 0.512. The second-order valence-electron chi connectivity index (χ2n) is 1.59. The summed E-state index contributed by atoms with van der Waals surface area (Å²) in [5, 5.41) is 0. The molecule has 0 heterocycles. The third-order valence-corrected chi connectivity index (χ3v) is 3.51. The van der Waals surface area contributed by atoms with Crippen molar-refractivity contribution < 1.29 is 13.6 Å². The minimum Gasteiger partial charge on any atom is -0.308 e. The molecule has 0 aromatic rings.